The molecule has 21 heavy (non-hydrogen) atoms. The Morgan fingerprint density at radius 3 is 2.52 bits per heavy atom. The van der Waals surface area contributed by atoms with Gasteiger partial charge in [0.1, 0.15) is 5.75 Å². The first kappa shape index (κ1) is 15.6. The summed E-state index contributed by atoms with van der Waals surface area (Å²) >= 11 is 0. The van der Waals surface area contributed by atoms with Crippen LogP contribution >= 0.6 is 0 Å². The molecule has 0 fully saturated rings. The van der Waals surface area contributed by atoms with Crippen LogP contribution in [0.5, 0.6) is 5.75 Å². The molecule has 0 aliphatic heterocycles. The van der Waals surface area contributed by atoms with Crippen LogP contribution in [0.3, 0.4) is 0 Å². The van der Waals surface area contributed by atoms with Crippen molar-refractivity contribution in [3.63, 3.8) is 0 Å². The Bertz CT molecular complexity index is 565. The zero-order valence-corrected chi connectivity index (χ0v) is 13.2. The molecule has 112 valence electrons. The van der Waals surface area contributed by atoms with E-state index in [-0.39, 0.29) is 6.04 Å². The average molecular weight is 283 g/mol. The van der Waals surface area contributed by atoms with Crippen LogP contribution in [0.2, 0.25) is 0 Å². The lowest BCUT2D eigenvalue weighted by molar-refractivity contribution is 0.310. The highest BCUT2D eigenvalue weighted by Gasteiger charge is 2.11. The Morgan fingerprint density at radius 1 is 1.05 bits per heavy atom. The second-order valence-corrected chi connectivity index (χ2v) is 5.42. The van der Waals surface area contributed by atoms with Crippen molar-refractivity contribution in [3.05, 3.63) is 65.2 Å². The number of para-hydroxylation sites is 1. The van der Waals surface area contributed by atoms with E-state index >= 15 is 0 Å². The van der Waals surface area contributed by atoms with Gasteiger partial charge < -0.3 is 10.1 Å². The van der Waals surface area contributed by atoms with Crippen LogP contribution < -0.4 is 10.1 Å². The highest BCUT2D eigenvalue weighted by molar-refractivity contribution is 5.36. The molecule has 2 aromatic rings. The third kappa shape index (κ3) is 4.33. The van der Waals surface area contributed by atoms with Crippen molar-refractivity contribution >= 4 is 0 Å². The fourth-order valence-corrected chi connectivity index (χ4v) is 2.36. The van der Waals surface area contributed by atoms with E-state index in [1.807, 2.05) is 6.07 Å². The SMILES string of the molecule is CCCOc1ccccc1C(C)NCc1ccccc1C. The predicted molar refractivity (Wildman–Crippen MR) is 88.7 cm³/mol. The van der Waals surface area contributed by atoms with Crippen LogP contribution in [0.4, 0.5) is 0 Å². The molecule has 2 aromatic carbocycles. The summed E-state index contributed by atoms with van der Waals surface area (Å²) in [7, 11) is 0. The predicted octanol–water partition coefficient (Wildman–Crippen LogP) is 4.63. The van der Waals surface area contributed by atoms with Gasteiger partial charge in [0.15, 0.2) is 0 Å². The average Bonchev–Trinajstić information content (AvgIpc) is 2.52. The number of hydrogen-bond acceptors (Lipinski definition) is 2. The van der Waals surface area contributed by atoms with Crippen LogP contribution in [0, 0.1) is 6.92 Å². The van der Waals surface area contributed by atoms with Crippen molar-refractivity contribution in [2.45, 2.75) is 39.8 Å². The summed E-state index contributed by atoms with van der Waals surface area (Å²) in [4.78, 5) is 0. The summed E-state index contributed by atoms with van der Waals surface area (Å²) in [6, 6.07) is 17.1. The molecule has 1 atom stereocenters. The summed E-state index contributed by atoms with van der Waals surface area (Å²) in [5, 5.41) is 3.59. The summed E-state index contributed by atoms with van der Waals surface area (Å²) < 4.78 is 5.84. The van der Waals surface area contributed by atoms with Crippen LogP contribution in [0.15, 0.2) is 48.5 Å². The van der Waals surface area contributed by atoms with E-state index in [4.69, 9.17) is 4.74 Å². The maximum atomic E-state index is 5.84. The second kappa shape index (κ2) is 7.84. The van der Waals surface area contributed by atoms with Crippen molar-refractivity contribution in [2.75, 3.05) is 6.61 Å². The van der Waals surface area contributed by atoms with Gasteiger partial charge in [-0.1, -0.05) is 49.4 Å². The largest absolute Gasteiger partial charge is 0.493 e. The Labute approximate surface area is 128 Å². The molecular weight excluding hydrogens is 258 g/mol. The molecule has 2 nitrogen and oxygen atoms in total. The zero-order chi connectivity index (χ0) is 15.1. The molecule has 1 N–H and O–H groups in total. The highest BCUT2D eigenvalue weighted by Crippen LogP contribution is 2.25. The highest BCUT2D eigenvalue weighted by atomic mass is 16.5. The van der Waals surface area contributed by atoms with Crippen molar-refractivity contribution in [3.8, 4) is 5.75 Å². The van der Waals surface area contributed by atoms with Crippen molar-refractivity contribution < 1.29 is 4.74 Å². The van der Waals surface area contributed by atoms with Gasteiger partial charge in [0.2, 0.25) is 0 Å². The minimum Gasteiger partial charge on any atom is -0.493 e. The number of ether oxygens (including phenoxy) is 1. The first-order valence-corrected chi connectivity index (χ1v) is 7.72. The lowest BCUT2D eigenvalue weighted by Crippen LogP contribution is -2.19. The molecule has 0 aliphatic carbocycles. The third-order valence-corrected chi connectivity index (χ3v) is 3.71. The molecule has 0 heterocycles. The maximum Gasteiger partial charge on any atom is 0.124 e. The van der Waals surface area contributed by atoms with Gasteiger partial charge in [0, 0.05) is 18.2 Å². The fraction of sp³-hybridized carbons (Fsp3) is 0.368. The van der Waals surface area contributed by atoms with E-state index in [9.17, 15) is 0 Å². The van der Waals surface area contributed by atoms with E-state index < -0.39 is 0 Å². The Balaban J connectivity index is 2.03. The van der Waals surface area contributed by atoms with Crippen molar-refractivity contribution in [2.24, 2.45) is 0 Å². The van der Waals surface area contributed by atoms with Gasteiger partial charge in [-0.2, -0.15) is 0 Å². The first-order valence-electron chi connectivity index (χ1n) is 7.72. The second-order valence-electron chi connectivity index (χ2n) is 5.42. The fourth-order valence-electron chi connectivity index (χ4n) is 2.36. The molecule has 0 spiro atoms. The smallest absolute Gasteiger partial charge is 0.124 e. The molecule has 0 aliphatic rings. The lowest BCUT2D eigenvalue weighted by atomic mass is 10.1. The van der Waals surface area contributed by atoms with Gasteiger partial charge in [-0.05, 0) is 37.5 Å². The van der Waals surface area contributed by atoms with E-state index in [0.29, 0.717) is 0 Å². The standard InChI is InChI=1S/C19H25NO/c1-4-13-21-19-12-8-7-11-18(19)16(3)20-14-17-10-6-5-9-15(17)2/h5-12,16,20H,4,13-14H2,1-3H3. The third-order valence-electron chi connectivity index (χ3n) is 3.71. The van der Waals surface area contributed by atoms with Gasteiger partial charge in [-0.15, -0.1) is 0 Å². The first-order chi connectivity index (χ1) is 10.2. The summed E-state index contributed by atoms with van der Waals surface area (Å²) in [6.45, 7) is 8.10. The summed E-state index contributed by atoms with van der Waals surface area (Å²) in [6.07, 6.45) is 1.03. The van der Waals surface area contributed by atoms with E-state index in [2.05, 4.69) is 68.6 Å². The number of hydrogen-bond donors (Lipinski definition) is 1. The van der Waals surface area contributed by atoms with Crippen molar-refractivity contribution in [1.82, 2.24) is 5.32 Å². The molecule has 0 radical (unpaired) electrons. The Hall–Kier alpha value is -1.80. The molecule has 0 saturated heterocycles. The quantitative estimate of drug-likeness (QED) is 0.799. The van der Waals surface area contributed by atoms with Crippen LogP contribution in [0.1, 0.15) is 43.0 Å². The van der Waals surface area contributed by atoms with Gasteiger partial charge in [0.05, 0.1) is 6.61 Å². The number of aryl methyl sites for hydroxylation is 1. The number of benzene rings is 2. The lowest BCUT2D eigenvalue weighted by Gasteiger charge is -2.19. The zero-order valence-electron chi connectivity index (χ0n) is 13.2. The van der Waals surface area contributed by atoms with Gasteiger partial charge in [-0.3, -0.25) is 0 Å². The van der Waals surface area contributed by atoms with Crippen LogP contribution in [0.25, 0.3) is 0 Å². The monoisotopic (exact) mass is 283 g/mol. The molecule has 2 heteroatoms. The van der Waals surface area contributed by atoms with E-state index in [0.717, 1.165) is 25.3 Å². The minimum atomic E-state index is 0.262. The van der Waals surface area contributed by atoms with Crippen molar-refractivity contribution in [1.29, 1.82) is 0 Å². The van der Waals surface area contributed by atoms with E-state index in [1.165, 1.54) is 16.7 Å². The number of nitrogens with one attached hydrogen (secondary N) is 1. The normalized spacial score (nSPS) is 12.1. The molecule has 0 bridgehead atoms. The van der Waals surface area contributed by atoms with Gasteiger partial charge in [-0.25, -0.2) is 0 Å². The molecule has 2 rings (SSSR count). The topological polar surface area (TPSA) is 21.3 Å². The van der Waals surface area contributed by atoms with Crippen LogP contribution in [-0.2, 0) is 6.54 Å². The number of rotatable bonds is 7. The van der Waals surface area contributed by atoms with Gasteiger partial charge in [0.25, 0.3) is 0 Å². The minimum absolute atomic E-state index is 0.262. The van der Waals surface area contributed by atoms with Crippen LogP contribution in [-0.4, -0.2) is 6.61 Å². The molecule has 0 amide bonds. The molecule has 0 aromatic heterocycles. The molecular formula is C19H25NO. The molecule has 1 unspecified atom stereocenters. The Kier molecular flexibility index (Phi) is 5.82. The maximum absolute atomic E-state index is 5.84. The Morgan fingerprint density at radius 2 is 1.76 bits per heavy atom. The summed E-state index contributed by atoms with van der Waals surface area (Å²) in [5.41, 5.74) is 3.89. The van der Waals surface area contributed by atoms with E-state index in [1.54, 1.807) is 0 Å². The van der Waals surface area contributed by atoms with Gasteiger partial charge >= 0.3 is 0 Å². The molecule has 0 saturated carbocycles. The summed E-state index contributed by atoms with van der Waals surface area (Å²) in [5.74, 6) is 0.990.